The van der Waals surface area contributed by atoms with E-state index in [2.05, 4.69) is 19.2 Å². The summed E-state index contributed by atoms with van der Waals surface area (Å²) in [5.74, 6) is -0.0492. The number of hydrogen-bond acceptors (Lipinski definition) is 5. The normalized spacial score (nSPS) is 12.6. The van der Waals surface area contributed by atoms with Crippen LogP contribution in [0, 0.1) is 0 Å². The number of aliphatic hydroxyl groups excluding tert-OH is 2. The summed E-state index contributed by atoms with van der Waals surface area (Å²) in [5, 5.41) is 23.1. The van der Waals surface area contributed by atoms with Crippen molar-refractivity contribution in [2.75, 3.05) is 13.2 Å². The van der Waals surface area contributed by atoms with Gasteiger partial charge in [0.15, 0.2) is 0 Å². The first kappa shape index (κ1) is 66.6. The van der Waals surface area contributed by atoms with Gasteiger partial charge in [-0.15, -0.1) is 0 Å². The molecule has 404 valence electrons. The van der Waals surface area contributed by atoms with Crippen LogP contribution in [-0.2, 0) is 14.3 Å². The number of amides is 1. The second kappa shape index (κ2) is 58.2. The zero-order valence-corrected chi connectivity index (χ0v) is 46.1. The molecule has 3 N–H and O–H groups in total. The lowest BCUT2D eigenvalue weighted by molar-refractivity contribution is -0.143. The van der Waals surface area contributed by atoms with Crippen molar-refractivity contribution in [1.29, 1.82) is 0 Å². The Balaban J connectivity index is 3.38. The maximum absolute atomic E-state index is 12.5. The summed E-state index contributed by atoms with van der Waals surface area (Å²) >= 11 is 0. The number of nitrogens with one attached hydrogen (secondary N) is 1. The number of hydrogen-bond donors (Lipinski definition) is 3. The molecule has 0 aliphatic heterocycles. The molecule has 2 unspecified atom stereocenters. The van der Waals surface area contributed by atoms with Gasteiger partial charge in [-0.05, 0) is 32.1 Å². The fraction of sp³-hybridized carbons (Fsp3) is 0.935. The summed E-state index contributed by atoms with van der Waals surface area (Å²) in [7, 11) is 0. The van der Waals surface area contributed by atoms with Crippen LogP contribution < -0.4 is 5.32 Å². The quantitative estimate of drug-likeness (QED) is 0.0321. The van der Waals surface area contributed by atoms with E-state index in [1.165, 1.54) is 283 Å². The van der Waals surface area contributed by atoms with Gasteiger partial charge in [0.25, 0.3) is 0 Å². The highest BCUT2D eigenvalue weighted by Crippen LogP contribution is 2.18. The Morgan fingerprint density at radius 3 is 1.00 bits per heavy atom. The summed E-state index contributed by atoms with van der Waals surface area (Å²) in [6.45, 7) is 4.93. The van der Waals surface area contributed by atoms with Gasteiger partial charge in [0.1, 0.15) is 0 Å². The standard InChI is InChI=1S/C62H121NO5/c1-3-5-7-9-11-13-15-17-27-31-34-38-42-46-50-54-60(65)59(58-64)63-61(66)55-51-47-43-39-35-32-28-25-23-21-19-18-20-22-24-26-29-33-37-41-45-49-53-57-68-62(67)56-52-48-44-40-36-30-16-14-12-10-8-6-4-2/h50,54,59-60,64-65H,3-49,51-53,55-58H2,1-2H3,(H,63,66)/b54-50+. The predicted octanol–water partition coefficient (Wildman–Crippen LogP) is 19.2. The van der Waals surface area contributed by atoms with Crippen LogP contribution >= 0.6 is 0 Å². The Morgan fingerprint density at radius 1 is 0.397 bits per heavy atom. The third-order valence-electron chi connectivity index (χ3n) is 14.6. The molecule has 0 aromatic carbocycles. The number of ether oxygens (including phenoxy) is 1. The average Bonchev–Trinajstić information content (AvgIpc) is 3.34. The molecule has 6 nitrogen and oxygen atoms in total. The van der Waals surface area contributed by atoms with Crippen LogP contribution in [0.5, 0.6) is 0 Å². The SMILES string of the molecule is CCCCCCCCCCCCCCC/C=C/C(O)C(CO)NC(=O)CCCCCCCCCCCCCCCCCCCCCCCCCOC(=O)CCCCCCCCCCCCCCC. The molecule has 0 aliphatic carbocycles. The minimum Gasteiger partial charge on any atom is -0.466 e. The Bertz CT molecular complexity index is 1020. The average molecular weight is 961 g/mol. The van der Waals surface area contributed by atoms with Crippen LogP contribution in [0.3, 0.4) is 0 Å². The molecule has 0 bridgehead atoms. The summed E-state index contributed by atoms with van der Waals surface area (Å²) in [5.41, 5.74) is 0. The molecule has 1 amide bonds. The zero-order valence-electron chi connectivity index (χ0n) is 46.1. The van der Waals surface area contributed by atoms with Crippen LogP contribution in [0.1, 0.15) is 348 Å². The molecule has 0 saturated carbocycles. The lowest BCUT2D eigenvalue weighted by Crippen LogP contribution is -2.45. The molecule has 2 atom stereocenters. The largest absolute Gasteiger partial charge is 0.466 e. The van der Waals surface area contributed by atoms with E-state index in [0.717, 1.165) is 38.5 Å². The Labute approximate surface area is 425 Å². The molecule has 0 heterocycles. The van der Waals surface area contributed by atoms with Gasteiger partial charge >= 0.3 is 5.97 Å². The van der Waals surface area contributed by atoms with Crippen molar-refractivity contribution in [3.63, 3.8) is 0 Å². The number of rotatable bonds is 58. The highest BCUT2D eigenvalue weighted by Gasteiger charge is 2.18. The van der Waals surface area contributed by atoms with Gasteiger partial charge < -0.3 is 20.3 Å². The molecule has 0 aromatic rings. The Morgan fingerprint density at radius 2 is 0.676 bits per heavy atom. The second-order valence-corrected chi connectivity index (χ2v) is 21.4. The zero-order chi connectivity index (χ0) is 49.3. The van der Waals surface area contributed by atoms with Crippen molar-refractivity contribution in [3.8, 4) is 0 Å². The molecular formula is C62H121NO5. The molecule has 0 aromatic heterocycles. The van der Waals surface area contributed by atoms with Gasteiger partial charge in [-0.2, -0.15) is 0 Å². The van der Waals surface area contributed by atoms with Crippen molar-refractivity contribution in [3.05, 3.63) is 12.2 Å². The molecule has 0 saturated heterocycles. The van der Waals surface area contributed by atoms with Crippen molar-refractivity contribution in [1.82, 2.24) is 5.32 Å². The second-order valence-electron chi connectivity index (χ2n) is 21.4. The maximum Gasteiger partial charge on any atom is 0.305 e. The van der Waals surface area contributed by atoms with E-state index in [9.17, 15) is 19.8 Å². The number of aliphatic hydroxyl groups is 2. The molecule has 0 fully saturated rings. The van der Waals surface area contributed by atoms with Crippen molar-refractivity contribution < 1.29 is 24.5 Å². The minimum absolute atomic E-state index is 0.0160. The number of carbonyl (C=O) groups excluding carboxylic acids is 2. The van der Waals surface area contributed by atoms with Gasteiger partial charge in [0.2, 0.25) is 5.91 Å². The minimum atomic E-state index is -0.843. The van der Waals surface area contributed by atoms with E-state index in [1.807, 2.05) is 6.08 Å². The smallest absolute Gasteiger partial charge is 0.305 e. The molecule has 6 heteroatoms. The highest BCUT2D eigenvalue weighted by molar-refractivity contribution is 5.76. The molecular weight excluding hydrogens is 839 g/mol. The summed E-state index contributed by atoms with van der Waals surface area (Å²) in [4.78, 5) is 24.5. The fourth-order valence-electron chi connectivity index (χ4n) is 9.81. The van der Waals surface area contributed by atoms with Crippen LogP contribution in [0.2, 0.25) is 0 Å². The highest BCUT2D eigenvalue weighted by atomic mass is 16.5. The van der Waals surface area contributed by atoms with E-state index in [-0.39, 0.29) is 18.5 Å². The van der Waals surface area contributed by atoms with Gasteiger partial charge in [0, 0.05) is 12.8 Å². The van der Waals surface area contributed by atoms with Gasteiger partial charge in [0.05, 0.1) is 25.4 Å². The van der Waals surface area contributed by atoms with Crippen LogP contribution in [0.25, 0.3) is 0 Å². The van der Waals surface area contributed by atoms with E-state index in [4.69, 9.17) is 4.74 Å². The first-order valence-corrected chi connectivity index (χ1v) is 31.0. The summed E-state index contributed by atoms with van der Waals surface area (Å²) < 4.78 is 5.48. The fourth-order valence-corrected chi connectivity index (χ4v) is 9.81. The number of unbranched alkanes of at least 4 members (excludes halogenated alkanes) is 47. The molecule has 0 radical (unpaired) electrons. The molecule has 0 aliphatic rings. The number of allylic oxidation sites excluding steroid dienone is 1. The topological polar surface area (TPSA) is 95.9 Å². The van der Waals surface area contributed by atoms with Gasteiger partial charge in [-0.25, -0.2) is 0 Å². The molecule has 0 spiro atoms. The van der Waals surface area contributed by atoms with Crippen LogP contribution in [-0.4, -0.2) is 47.4 Å². The predicted molar refractivity (Wildman–Crippen MR) is 297 cm³/mol. The van der Waals surface area contributed by atoms with E-state index in [0.29, 0.717) is 19.4 Å². The van der Waals surface area contributed by atoms with E-state index < -0.39 is 12.1 Å². The Kier molecular flexibility index (Phi) is 57.0. The third-order valence-corrected chi connectivity index (χ3v) is 14.6. The van der Waals surface area contributed by atoms with Crippen LogP contribution in [0.4, 0.5) is 0 Å². The molecule has 0 rings (SSSR count). The van der Waals surface area contributed by atoms with Gasteiger partial charge in [-0.3, -0.25) is 9.59 Å². The lowest BCUT2D eigenvalue weighted by atomic mass is 10.0. The van der Waals surface area contributed by atoms with Crippen molar-refractivity contribution >= 4 is 11.9 Å². The van der Waals surface area contributed by atoms with Gasteiger partial charge in [-0.1, -0.05) is 315 Å². The monoisotopic (exact) mass is 960 g/mol. The molecule has 68 heavy (non-hydrogen) atoms. The van der Waals surface area contributed by atoms with Crippen LogP contribution in [0.15, 0.2) is 12.2 Å². The third kappa shape index (κ3) is 53.9. The number of esters is 1. The Hall–Kier alpha value is -1.40. The maximum atomic E-state index is 12.5. The first-order valence-electron chi connectivity index (χ1n) is 31.0. The first-order chi connectivity index (χ1) is 33.5. The van der Waals surface area contributed by atoms with E-state index in [1.54, 1.807) is 6.08 Å². The summed E-state index contributed by atoms with van der Waals surface area (Å²) in [6, 6.07) is -0.626. The van der Waals surface area contributed by atoms with Crippen molar-refractivity contribution in [2.24, 2.45) is 0 Å². The van der Waals surface area contributed by atoms with E-state index >= 15 is 0 Å². The summed E-state index contributed by atoms with van der Waals surface area (Å²) in [6.07, 6.45) is 69.6. The van der Waals surface area contributed by atoms with Crippen molar-refractivity contribution in [2.45, 2.75) is 360 Å². The number of carbonyl (C=O) groups is 2. The lowest BCUT2D eigenvalue weighted by Gasteiger charge is -2.20.